The predicted octanol–water partition coefficient (Wildman–Crippen LogP) is 3.42. The maximum absolute atomic E-state index is 13.3. The molecule has 0 radical (unpaired) electrons. The topological polar surface area (TPSA) is 78.5 Å². The summed E-state index contributed by atoms with van der Waals surface area (Å²) in [5.74, 6) is -0.0289. The highest BCUT2D eigenvalue weighted by molar-refractivity contribution is 6.30. The number of nitrogens with one attached hydrogen (secondary N) is 2. The molecule has 2 fully saturated rings. The van der Waals surface area contributed by atoms with Gasteiger partial charge in [-0.2, -0.15) is 0 Å². The summed E-state index contributed by atoms with van der Waals surface area (Å²) in [7, 11) is 0. The van der Waals surface area contributed by atoms with Crippen molar-refractivity contribution in [1.29, 1.82) is 0 Å². The zero-order valence-corrected chi connectivity index (χ0v) is 18.4. The van der Waals surface area contributed by atoms with Crippen LogP contribution in [0, 0.1) is 5.92 Å². The predicted molar refractivity (Wildman–Crippen MR) is 117 cm³/mol. The summed E-state index contributed by atoms with van der Waals surface area (Å²) in [6.45, 7) is 2.37. The van der Waals surface area contributed by atoms with E-state index in [0.717, 1.165) is 24.8 Å². The number of hydrogen-bond acceptors (Lipinski definition) is 3. The minimum atomic E-state index is -0.549. The second kappa shape index (κ2) is 10.8. The highest BCUT2D eigenvalue weighted by Crippen LogP contribution is 2.29. The Bertz CT molecular complexity index is 764. The number of carbonyl (C=O) groups excluding carboxylic acids is 3. The fraction of sp³-hybridized carbons (Fsp3) is 0.609. The number of carbonyl (C=O) groups is 3. The second-order valence-electron chi connectivity index (χ2n) is 8.53. The summed E-state index contributed by atoms with van der Waals surface area (Å²) in [6, 6.07) is 6.32. The maximum atomic E-state index is 13.3. The second-order valence-corrected chi connectivity index (χ2v) is 8.97. The van der Waals surface area contributed by atoms with Crippen LogP contribution in [0.4, 0.5) is 0 Å². The van der Waals surface area contributed by atoms with E-state index in [-0.39, 0.29) is 17.7 Å². The molecule has 0 spiro atoms. The van der Waals surface area contributed by atoms with Gasteiger partial charge in [-0.3, -0.25) is 14.4 Å². The van der Waals surface area contributed by atoms with Gasteiger partial charge in [-0.15, -0.1) is 0 Å². The average molecular weight is 434 g/mol. The summed E-state index contributed by atoms with van der Waals surface area (Å²) in [5, 5.41) is 6.41. The third-order valence-corrected chi connectivity index (χ3v) is 6.40. The number of rotatable bonds is 7. The van der Waals surface area contributed by atoms with Crippen LogP contribution in [0.15, 0.2) is 24.3 Å². The van der Waals surface area contributed by atoms with Gasteiger partial charge in [-0.1, -0.05) is 55.8 Å². The Morgan fingerprint density at radius 3 is 2.60 bits per heavy atom. The highest BCUT2D eigenvalue weighted by atomic mass is 35.5. The molecule has 30 heavy (non-hydrogen) atoms. The Morgan fingerprint density at radius 2 is 1.90 bits per heavy atom. The molecule has 1 heterocycles. The number of hydrogen-bond donors (Lipinski definition) is 2. The Labute approximate surface area is 183 Å². The van der Waals surface area contributed by atoms with Crippen molar-refractivity contribution in [3.63, 3.8) is 0 Å². The smallest absolute Gasteiger partial charge is 0.245 e. The third kappa shape index (κ3) is 6.21. The van der Waals surface area contributed by atoms with E-state index in [9.17, 15) is 14.4 Å². The molecule has 1 aliphatic carbocycles. The zero-order chi connectivity index (χ0) is 21.5. The van der Waals surface area contributed by atoms with Crippen LogP contribution in [-0.4, -0.2) is 41.2 Å². The van der Waals surface area contributed by atoms with Gasteiger partial charge < -0.3 is 15.5 Å². The van der Waals surface area contributed by atoms with Crippen LogP contribution in [0.3, 0.4) is 0 Å². The molecule has 0 bridgehead atoms. The van der Waals surface area contributed by atoms with E-state index in [0.29, 0.717) is 36.9 Å². The normalized spacial score (nSPS) is 20.6. The van der Waals surface area contributed by atoms with Gasteiger partial charge in [0.25, 0.3) is 0 Å². The molecule has 1 aromatic rings. The van der Waals surface area contributed by atoms with E-state index < -0.39 is 12.1 Å². The third-order valence-electron chi connectivity index (χ3n) is 6.16. The van der Waals surface area contributed by atoms with Crippen molar-refractivity contribution < 1.29 is 14.4 Å². The Kier molecular flexibility index (Phi) is 8.14. The van der Waals surface area contributed by atoms with Crippen molar-refractivity contribution in [1.82, 2.24) is 15.5 Å². The molecular formula is C23H32ClN3O3. The van der Waals surface area contributed by atoms with Gasteiger partial charge in [0.1, 0.15) is 12.1 Å². The van der Waals surface area contributed by atoms with E-state index in [1.54, 1.807) is 11.0 Å². The molecule has 164 valence electrons. The quantitative estimate of drug-likeness (QED) is 0.691. The van der Waals surface area contributed by atoms with Crippen LogP contribution < -0.4 is 10.6 Å². The van der Waals surface area contributed by atoms with Gasteiger partial charge in [0, 0.05) is 25.0 Å². The molecule has 6 nitrogen and oxygen atoms in total. The maximum Gasteiger partial charge on any atom is 0.245 e. The molecule has 1 aliphatic heterocycles. The van der Waals surface area contributed by atoms with E-state index in [2.05, 4.69) is 10.6 Å². The first-order chi connectivity index (χ1) is 14.4. The van der Waals surface area contributed by atoms with E-state index in [1.165, 1.54) is 26.2 Å². The lowest BCUT2D eigenvalue weighted by Crippen LogP contribution is -2.53. The standard InChI is InChI=1S/C23H32ClN3O3/c1-16(28)26-20(14-17-7-3-2-4-8-17)23(30)27-12-6-11-21(27)22(29)25-15-18-9-5-10-19(24)13-18/h5,9-10,13,17,20-21H,2-4,6-8,11-12,14-15H2,1H3,(H,25,29)(H,26,28)/t20-,21?/m1/s1. The lowest BCUT2D eigenvalue weighted by atomic mass is 9.84. The van der Waals surface area contributed by atoms with Crippen LogP contribution in [0.2, 0.25) is 5.02 Å². The largest absolute Gasteiger partial charge is 0.350 e. The molecule has 1 aromatic carbocycles. The van der Waals surface area contributed by atoms with Crippen LogP contribution in [-0.2, 0) is 20.9 Å². The van der Waals surface area contributed by atoms with Gasteiger partial charge in [0.15, 0.2) is 0 Å². The molecule has 3 amide bonds. The average Bonchev–Trinajstić information content (AvgIpc) is 3.21. The van der Waals surface area contributed by atoms with Gasteiger partial charge in [0.05, 0.1) is 0 Å². The minimum Gasteiger partial charge on any atom is -0.350 e. The van der Waals surface area contributed by atoms with Gasteiger partial charge in [-0.25, -0.2) is 0 Å². The van der Waals surface area contributed by atoms with E-state index in [4.69, 9.17) is 11.6 Å². The Hall–Kier alpha value is -2.08. The minimum absolute atomic E-state index is 0.129. The van der Waals surface area contributed by atoms with Crippen LogP contribution in [0.5, 0.6) is 0 Å². The number of nitrogens with zero attached hydrogens (tertiary/aromatic N) is 1. The van der Waals surface area contributed by atoms with Crippen LogP contribution >= 0.6 is 11.6 Å². The van der Waals surface area contributed by atoms with E-state index in [1.807, 2.05) is 18.2 Å². The lowest BCUT2D eigenvalue weighted by molar-refractivity contribution is -0.141. The van der Waals surface area contributed by atoms with Gasteiger partial charge in [-0.05, 0) is 42.9 Å². The summed E-state index contributed by atoms with van der Waals surface area (Å²) in [6.07, 6.45) is 7.91. The molecule has 7 heteroatoms. The monoisotopic (exact) mass is 433 g/mol. The van der Waals surface area contributed by atoms with Crippen LogP contribution in [0.25, 0.3) is 0 Å². The fourth-order valence-corrected chi connectivity index (χ4v) is 4.89. The number of halogens is 1. The van der Waals surface area contributed by atoms with Crippen molar-refractivity contribution in [2.24, 2.45) is 5.92 Å². The van der Waals surface area contributed by atoms with Crippen molar-refractivity contribution >= 4 is 29.3 Å². The van der Waals surface area contributed by atoms with E-state index >= 15 is 0 Å². The number of likely N-dealkylation sites (tertiary alicyclic amines) is 1. The molecule has 0 aromatic heterocycles. The summed E-state index contributed by atoms with van der Waals surface area (Å²) >= 11 is 6.01. The number of benzene rings is 1. The SMILES string of the molecule is CC(=O)N[C@H](CC1CCCCC1)C(=O)N1CCCC1C(=O)NCc1cccc(Cl)c1. The molecule has 2 N–H and O–H groups in total. The van der Waals surface area contributed by atoms with Gasteiger partial charge >= 0.3 is 0 Å². The first-order valence-electron chi connectivity index (χ1n) is 11.0. The molecule has 1 unspecified atom stereocenters. The number of amides is 3. The molecule has 2 atom stereocenters. The molecule has 3 rings (SSSR count). The summed E-state index contributed by atoms with van der Waals surface area (Å²) in [5.41, 5.74) is 0.917. The Morgan fingerprint density at radius 1 is 1.13 bits per heavy atom. The first-order valence-corrected chi connectivity index (χ1v) is 11.4. The van der Waals surface area contributed by atoms with Crippen molar-refractivity contribution in [2.75, 3.05) is 6.54 Å². The fourth-order valence-electron chi connectivity index (χ4n) is 4.68. The first kappa shape index (κ1) is 22.6. The molecule has 1 saturated carbocycles. The van der Waals surface area contributed by atoms with Crippen molar-refractivity contribution in [2.45, 2.75) is 76.9 Å². The summed E-state index contributed by atoms with van der Waals surface area (Å²) in [4.78, 5) is 39.5. The van der Waals surface area contributed by atoms with Crippen molar-refractivity contribution in [3.05, 3.63) is 34.9 Å². The lowest BCUT2D eigenvalue weighted by Gasteiger charge is -2.31. The van der Waals surface area contributed by atoms with Crippen LogP contribution in [0.1, 0.15) is 63.9 Å². The van der Waals surface area contributed by atoms with Crippen molar-refractivity contribution in [3.8, 4) is 0 Å². The highest BCUT2D eigenvalue weighted by Gasteiger charge is 2.38. The van der Waals surface area contributed by atoms with Gasteiger partial charge in [0.2, 0.25) is 17.7 Å². The Balaban J connectivity index is 1.62. The zero-order valence-electron chi connectivity index (χ0n) is 17.7. The molecular weight excluding hydrogens is 402 g/mol. The molecule has 1 saturated heterocycles. The summed E-state index contributed by atoms with van der Waals surface area (Å²) < 4.78 is 0. The molecule has 2 aliphatic rings.